The summed E-state index contributed by atoms with van der Waals surface area (Å²) < 4.78 is 5.49. The standard InChI is InChI=1S/C15H12Cl3NO/c16-11-6-12(17)15(13(18)7-11)19-8-9-1-2-14-10(5-9)3-4-20-14/h1-2,5-7,19H,3-4,8H2. The van der Waals surface area contributed by atoms with Gasteiger partial charge in [0.1, 0.15) is 5.75 Å². The van der Waals surface area contributed by atoms with E-state index in [1.807, 2.05) is 12.1 Å². The zero-order chi connectivity index (χ0) is 14.1. The zero-order valence-electron chi connectivity index (χ0n) is 10.6. The molecule has 0 aliphatic carbocycles. The highest BCUT2D eigenvalue weighted by Crippen LogP contribution is 2.34. The first-order valence-corrected chi connectivity index (χ1v) is 7.40. The summed E-state index contributed by atoms with van der Waals surface area (Å²) in [6, 6.07) is 9.54. The van der Waals surface area contributed by atoms with Crippen LogP contribution in [0.25, 0.3) is 0 Å². The molecule has 20 heavy (non-hydrogen) atoms. The van der Waals surface area contributed by atoms with Crippen molar-refractivity contribution in [1.82, 2.24) is 0 Å². The van der Waals surface area contributed by atoms with Crippen molar-refractivity contribution in [3.63, 3.8) is 0 Å². The number of anilines is 1. The number of fused-ring (bicyclic) bond motifs is 1. The van der Waals surface area contributed by atoms with Gasteiger partial charge in [-0.25, -0.2) is 0 Å². The summed E-state index contributed by atoms with van der Waals surface area (Å²) in [6.45, 7) is 1.41. The largest absolute Gasteiger partial charge is 0.493 e. The SMILES string of the molecule is Clc1cc(Cl)c(NCc2ccc3c(c2)CCO3)c(Cl)c1. The number of benzene rings is 2. The van der Waals surface area contributed by atoms with Crippen LogP contribution in [0.15, 0.2) is 30.3 Å². The van der Waals surface area contributed by atoms with E-state index >= 15 is 0 Å². The Balaban J connectivity index is 1.77. The molecular formula is C15H12Cl3NO. The number of rotatable bonds is 3. The molecule has 2 nitrogen and oxygen atoms in total. The molecule has 2 aromatic carbocycles. The highest BCUT2D eigenvalue weighted by Gasteiger charge is 2.12. The van der Waals surface area contributed by atoms with Crippen LogP contribution in [0.4, 0.5) is 5.69 Å². The first kappa shape index (κ1) is 13.9. The Morgan fingerprint density at radius 1 is 1.05 bits per heavy atom. The monoisotopic (exact) mass is 327 g/mol. The molecular weight excluding hydrogens is 317 g/mol. The summed E-state index contributed by atoms with van der Waals surface area (Å²) in [5, 5.41) is 4.82. The first-order chi connectivity index (χ1) is 9.63. The fourth-order valence-electron chi connectivity index (χ4n) is 2.25. The van der Waals surface area contributed by atoms with Crippen molar-refractivity contribution < 1.29 is 4.74 Å². The van der Waals surface area contributed by atoms with Crippen LogP contribution < -0.4 is 10.1 Å². The van der Waals surface area contributed by atoms with Crippen LogP contribution in [0.1, 0.15) is 11.1 Å². The second-order valence-corrected chi connectivity index (χ2v) is 5.89. The van der Waals surface area contributed by atoms with Gasteiger partial charge in [-0.05, 0) is 29.3 Å². The molecule has 0 atom stereocenters. The molecule has 0 radical (unpaired) electrons. The van der Waals surface area contributed by atoms with Gasteiger partial charge in [0.05, 0.1) is 22.3 Å². The van der Waals surface area contributed by atoms with Crippen molar-refractivity contribution in [1.29, 1.82) is 0 Å². The molecule has 0 amide bonds. The van der Waals surface area contributed by atoms with Gasteiger partial charge in [-0.1, -0.05) is 46.9 Å². The van der Waals surface area contributed by atoms with Crippen molar-refractivity contribution in [2.75, 3.05) is 11.9 Å². The number of nitrogens with one attached hydrogen (secondary N) is 1. The van der Waals surface area contributed by atoms with Crippen molar-refractivity contribution in [3.05, 3.63) is 56.5 Å². The maximum atomic E-state index is 6.14. The number of hydrogen-bond donors (Lipinski definition) is 1. The quantitative estimate of drug-likeness (QED) is 0.836. The summed E-state index contributed by atoms with van der Waals surface area (Å²) in [5.41, 5.74) is 3.11. The fourth-order valence-corrected chi connectivity index (χ4v) is 3.20. The number of hydrogen-bond acceptors (Lipinski definition) is 2. The predicted octanol–water partition coefficient (Wildman–Crippen LogP) is 5.19. The maximum Gasteiger partial charge on any atom is 0.122 e. The van der Waals surface area contributed by atoms with E-state index in [9.17, 15) is 0 Å². The molecule has 3 rings (SSSR count). The van der Waals surface area contributed by atoms with E-state index in [2.05, 4.69) is 11.4 Å². The van der Waals surface area contributed by atoms with E-state index < -0.39 is 0 Å². The third kappa shape index (κ3) is 2.83. The lowest BCUT2D eigenvalue weighted by atomic mass is 10.1. The predicted molar refractivity (Wildman–Crippen MR) is 84.4 cm³/mol. The Hall–Kier alpha value is -1.09. The van der Waals surface area contributed by atoms with Gasteiger partial charge in [0, 0.05) is 18.0 Å². The van der Waals surface area contributed by atoms with Crippen LogP contribution in [-0.2, 0) is 13.0 Å². The maximum absolute atomic E-state index is 6.14. The zero-order valence-corrected chi connectivity index (χ0v) is 12.8. The molecule has 0 saturated heterocycles. The lowest BCUT2D eigenvalue weighted by Gasteiger charge is -2.11. The molecule has 5 heteroatoms. The summed E-state index contributed by atoms with van der Waals surface area (Å²) in [6.07, 6.45) is 0.964. The van der Waals surface area contributed by atoms with Crippen LogP contribution in [-0.4, -0.2) is 6.61 Å². The molecule has 0 unspecified atom stereocenters. The lowest BCUT2D eigenvalue weighted by Crippen LogP contribution is -2.01. The Kier molecular flexibility index (Phi) is 3.97. The van der Waals surface area contributed by atoms with Crippen LogP contribution in [0, 0.1) is 0 Å². The van der Waals surface area contributed by atoms with Crippen LogP contribution in [0.5, 0.6) is 5.75 Å². The van der Waals surface area contributed by atoms with Gasteiger partial charge < -0.3 is 10.1 Å². The van der Waals surface area contributed by atoms with Gasteiger partial charge in [-0.15, -0.1) is 0 Å². The molecule has 2 aromatic rings. The van der Waals surface area contributed by atoms with Crippen LogP contribution in [0.2, 0.25) is 15.1 Å². The minimum atomic E-state index is 0.520. The van der Waals surface area contributed by atoms with E-state index in [1.54, 1.807) is 12.1 Å². The summed E-state index contributed by atoms with van der Waals surface area (Å²) >= 11 is 18.2. The van der Waals surface area contributed by atoms with E-state index in [0.717, 1.165) is 24.3 Å². The van der Waals surface area contributed by atoms with Crippen molar-refractivity contribution in [2.24, 2.45) is 0 Å². The fraction of sp³-hybridized carbons (Fsp3) is 0.200. The molecule has 1 aliphatic heterocycles. The summed E-state index contributed by atoms with van der Waals surface area (Å²) in [7, 11) is 0. The Morgan fingerprint density at radius 2 is 1.80 bits per heavy atom. The van der Waals surface area contributed by atoms with E-state index in [0.29, 0.717) is 27.3 Å². The molecule has 104 valence electrons. The molecule has 0 saturated carbocycles. The summed E-state index contributed by atoms with van der Waals surface area (Å²) in [4.78, 5) is 0. The van der Waals surface area contributed by atoms with Crippen molar-refractivity contribution in [3.8, 4) is 5.75 Å². The lowest BCUT2D eigenvalue weighted by molar-refractivity contribution is 0.357. The van der Waals surface area contributed by atoms with Crippen molar-refractivity contribution in [2.45, 2.75) is 13.0 Å². The minimum Gasteiger partial charge on any atom is -0.493 e. The van der Waals surface area contributed by atoms with Gasteiger partial charge in [0.15, 0.2) is 0 Å². The van der Waals surface area contributed by atoms with Gasteiger partial charge in [0.2, 0.25) is 0 Å². The molecule has 1 N–H and O–H groups in total. The molecule has 1 heterocycles. The Morgan fingerprint density at radius 3 is 2.55 bits per heavy atom. The van der Waals surface area contributed by atoms with Crippen LogP contribution in [0.3, 0.4) is 0 Å². The smallest absolute Gasteiger partial charge is 0.122 e. The first-order valence-electron chi connectivity index (χ1n) is 6.26. The van der Waals surface area contributed by atoms with E-state index in [1.165, 1.54) is 5.56 Å². The molecule has 0 aromatic heterocycles. The normalized spacial score (nSPS) is 12.9. The minimum absolute atomic E-state index is 0.520. The molecule has 1 aliphatic rings. The van der Waals surface area contributed by atoms with Gasteiger partial charge in [-0.3, -0.25) is 0 Å². The highest BCUT2D eigenvalue weighted by molar-refractivity contribution is 6.41. The van der Waals surface area contributed by atoms with Gasteiger partial charge >= 0.3 is 0 Å². The van der Waals surface area contributed by atoms with Crippen LogP contribution >= 0.6 is 34.8 Å². The second kappa shape index (κ2) is 5.72. The molecule has 0 spiro atoms. The molecule has 0 bridgehead atoms. The van der Waals surface area contributed by atoms with E-state index in [-0.39, 0.29) is 0 Å². The highest BCUT2D eigenvalue weighted by atomic mass is 35.5. The second-order valence-electron chi connectivity index (χ2n) is 4.64. The van der Waals surface area contributed by atoms with E-state index in [4.69, 9.17) is 39.5 Å². The third-order valence-electron chi connectivity index (χ3n) is 3.23. The van der Waals surface area contributed by atoms with Crippen molar-refractivity contribution >= 4 is 40.5 Å². The molecule has 0 fully saturated rings. The topological polar surface area (TPSA) is 21.3 Å². The third-order valence-corrected chi connectivity index (χ3v) is 4.04. The Labute approximate surface area is 132 Å². The van der Waals surface area contributed by atoms with Gasteiger partial charge in [-0.2, -0.15) is 0 Å². The van der Waals surface area contributed by atoms with Gasteiger partial charge in [0.25, 0.3) is 0 Å². The average Bonchev–Trinajstić information content (AvgIpc) is 2.84. The Bertz CT molecular complexity index is 635. The average molecular weight is 329 g/mol. The number of halogens is 3. The number of ether oxygens (including phenoxy) is 1. The summed E-state index contributed by atoms with van der Waals surface area (Å²) in [5.74, 6) is 0.983.